The molecule has 122 valence electrons. The Labute approximate surface area is 136 Å². The molecule has 0 saturated heterocycles. The van der Waals surface area contributed by atoms with Gasteiger partial charge < -0.3 is 15.4 Å². The van der Waals surface area contributed by atoms with Gasteiger partial charge >= 0.3 is 0 Å². The lowest BCUT2D eigenvalue weighted by molar-refractivity contribution is -0.168. The van der Waals surface area contributed by atoms with Gasteiger partial charge in [-0.2, -0.15) is 0 Å². The van der Waals surface area contributed by atoms with Crippen LogP contribution in [0.15, 0.2) is 11.2 Å². The Balaban J connectivity index is 1.53. The molecule has 2 fully saturated rings. The summed E-state index contributed by atoms with van der Waals surface area (Å²) < 4.78 is 5.90. The van der Waals surface area contributed by atoms with Gasteiger partial charge in [0, 0.05) is 36.2 Å². The van der Waals surface area contributed by atoms with Gasteiger partial charge in [-0.25, -0.2) is 4.98 Å². The van der Waals surface area contributed by atoms with Crippen molar-refractivity contribution in [2.45, 2.75) is 58.2 Å². The molecule has 0 radical (unpaired) electrons. The molecule has 2 N–H and O–H groups in total. The molecule has 3 rings (SSSR count). The number of aryl methyl sites for hydroxylation is 1. The predicted molar refractivity (Wildman–Crippen MR) is 90.3 cm³/mol. The van der Waals surface area contributed by atoms with Gasteiger partial charge in [0.15, 0.2) is 5.96 Å². The summed E-state index contributed by atoms with van der Waals surface area (Å²) in [6, 6.07) is 0.488. The molecule has 2 atom stereocenters. The molecule has 2 unspecified atom stereocenters. The zero-order chi connectivity index (χ0) is 15.6. The highest BCUT2D eigenvalue weighted by Gasteiger charge is 2.59. The van der Waals surface area contributed by atoms with Crippen LogP contribution in [0, 0.1) is 12.3 Å². The summed E-state index contributed by atoms with van der Waals surface area (Å²) in [5, 5.41) is 8.07. The lowest BCUT2D eigenvalue weighted by atomic mass is 9.51. The minimum atomic E-state index is 0.353. The van der Waals surface area contributed by atoms with E-state index in [0.29, 0.717) is 17.6 Å². The Morgan fingerprint density at radius 2 is 2.36 bits per heavy atom. The molecular formula is C16H26N4OS. The third-order valence-electron chi connectivity index (χ3n) is 5.05. The van der Waals surface area contributed by atoms with Gasteiger partial charge in [0.1, 0.15) is 5.01 Å². The van der Waals surface area contributed by atoms with E-state index in [1.165, 1.54) is 24.1 Å². The van der Waals surface area contributed by atoms with E-state index >= 15 is 0 Å². The van der Waals surface area contributed by atoms with Gasteiger partial charge in [-0.1, -0.05) is 6.42 Å². The van der Waals surface area contributed by atoms with E-state index in [1.54, 1.807) is 11.3 Å². The maximum atomic E-state index is 5.90. The van der Waals surface area contributed by atoms with E-state index in [2.05, 4.69) is 34.5 Å². The van der Waals surface area contributed by atoms with E-state index in [1.807, 2.05) is 13.2 Å². The second kappa shape index (κ2) is 6.54. The second-order valence-corrected chi connectivity index (χ2v) is 7.57. The Morgan fingerprint density at radius 3 is 2.91 bits per heavy atom. The second-order valence-electron chi connectivity index (χ2n) is 6.25. The molecule has 1 spiro atoms. The number of nitrogens with zero attached hydrogens (tertiary/aromatic N) is 2. The zero-order valence-corrected chi connectivity index (χ0v) is 14.5. The van der Waals surface area contributed by atoms with Gasteiger partial charge in [-0.15, -0.1) is 11.3 Å². The van der Waals surface area contributed by atoms with E-state index in [-0.39, 0.29) is 0 Å². The molecule has 5 nitrogen and oxygen atoms in total. The predicted octanol–water partition coefficient (Wildman–Crippen LogP) is 2.46. The van der Waals surface area contributed by atoms with E-state index in [9.17, 15) is 0 Å². The minimum absolute atomic E-state index is 0.353. The molecule has 2 aliphatic rings. The first-order chi connectivity index (χ1) is 10.7. The first-order valence-electron chi connectivity index (χ1n) is 8.18. The minimum Gasteiger partial charge on any atom is -0.378 e. The fourth-order valence-electron chi connectivity index (χ4n) is 3.64. The van der Waals surface area contributed by atoms with Crippen LogP contribution in [-0.2, 0) is 11.3 Å². The molecule has 1 aromatic rings. The van der Waals surface area contributed by atoms with Crippen molar-refractivity contribution in [3.8, 4) is 0 Å². The van der Waals surface area contributed by atoms with Crippen LogP contribution in [0.5, 0.6) is 0 Å². The van der Waals surface area contributed by atoms with Crippen LogP contribution in [-0.4, -0.2) is 36.7 Å². The maximum absolute atomic E-state index is 5.90. The topological polar surface area (TPSA) is 58.5 Å². The summed E-state index contributed by atoms with van der Waals surface area (Å²) in [7, 11) is 1.83. The number of hydrogen-bond acceptors (Lipinski definition) is 4. The van der Waals surface area contributed by atoms with Gasteiger partial charge in [-0.3, -0.25) is 4.99 Å². The lowest BCUT2D eigenvalue weighted by Crippen LogP contribution is -2.68. The molecule has 0 bridgehead atoms. The van der Waals surface area contributed by atoms with Crippen LogP contribution in [0.3, 0.4) is 0 Å². The molecule has 1 aromatic heterocycles. The largest absolute Gasteiger partial charge is 0.378 e. The Kier molecular flexibility index (Phi) is 4.68. The van der Waals surface area contributed by atoms with E-state index in [4.69, 9.17) is 4.74 Å². The van der Waals surface area contributed by atoms with Crippen molar-refractivity contribution in [1.82, 2.24) is 15.6 Å². The van der Waals surface area contributed by atoms with Crippen LogP contribution >= 0.6 is 11.3 Å². The molecule has 2 aliphatic carbocycles. The van der Waals surface area contributed by atoms with Crippen LogP contribution in [0.1, 0.15) is 42.5 Å². The third kappa shape index (κ3) is 2.86. The highest BCUT2D eigenvalue weighted by Crippen LogP contribution is 2.57. The fraction of sp³-hybridized carbons (Fsp3) is 0.750. The monoisotopic (exact) mass is 322 g/mol. The number of guanidine groups is 1. The number of nitrogens with one attached hydrogen (secondary N) is 2. The van der Waals surface area contributed by atoms with Crippen molar-refractivity contribution in [1.29, 1.82) is 0 Å². The summed E-state index contributed by atoms with van der Waals surface area (Å²) in [6.45, 7) is 5.71. The molecule has 0 amide bonds. The highest BCUT2D eigenvalue weighted by atomic mass is 32.1. The smallest absolute Gasteiger partial charge is 0.191 e. The van der Waals surface area contributed by atoms with Gasteiger partial charge in [0.05, 0.1) is 12.6 Å². The van der Waals surface area contributed by atoms with Crippen molar-refractivity contribution in [2.24, 2.45) is 10.4 Å². The zero-order valence-electron chi connectivity index (χ0n) is 13.7. The standard InChI is InChI=1S/C16H26N4OS/c1-4-21-13-8-12(16(13)6-5-7-16)20-15(17-3)19-10-14-18-9-11(2)22-14/h9,12-13H,4-8,10H2,1-3H3,(H2,17,19,20). The molecule has 1 heterocycles. The Bertz CT molecular complexity index is 538. The number of aromatic nitrogens is 1. The average molecular weight is 322 g/mol. The Morgan fingerprint density at radius 1 is 1.55 bits per heavy atom. The van der Waals surface area contributed by atoms with Crippen LogP contribution in [0.2, 0.25) is 0 Å². The number of aliphatic imine (C=N–C) groups is 1. The molecule has 0 aliphatic heterocycles. The summed E-state index contributed by atoms with van der Waals surface area (Å²) in [5.41, 5.74) is 0.353. The molecule has 22 heavy (non-hydrogen) atoms. The highest BCUT2D eigenvalue weighted by molar-refractivity contribution is 7.11. The summed E-state index contributed by atoms with van der Waals surface area (Å²) in [6.07, 6.45) is 7.32. The normalized spacial score (nSPS) is 26.4. The summed E-state index contributed by atoms with van der Waals surface area (Å²) in [5.74, 6) is 0.874. The SMILES string of the molecule is CCOC1CC(NC(=NC)NCc2ncc(C)s2)C12CCC2. The van der Waals surface area contributed by atoms with Gasteiger partial charge in [0.25, 0.3) is 0 Å². The van der Waals surface area contributed by atoms with E-state index < -0.39 is 0 Å². The van der Waals surface area contributed by atoms with Crippen molar-refractivity contribution >= 4 is 17.3 Å². The van der Waals surface area contributed by atoms with Crippen molar-refractivity contribution in [3.05, 3.63) is 16.1 Å². The first-order valence-corrected chi connectivity index (χ1v) is 8.99. The van der Waals surface area contributed by atoms with Crippen molar-refractivity contribution in [3.63, 3.8) is 0 Å². The first kappa shape index (κ1) is 15.7. The maximum Gasteiger partial charge on any atom is 0.191 e. The number of ether oxygens (including phenoxy) is 1. The average Bonchev–Trinajstić information content (AvgIpc) is 2.85. The fourth-order valence-corrected chi connectivity index (χ4v) is 4.37. The van der Waals surface area contributed by atoms with Crippen LogP contribution < -0.4 is 10.6 Å². The number of hydrogen-bond donors (Lipinski definition) is 2. The van der Waals surface area contributed by atoms with Crippen molar-refractivity contribution in [2.75, 3.05) is 13.7 Å². The van der Waals surface area contributed by atoms with Crippen LogP contribution in [0.25, 0.3) is 0 Å². The van der Waals surface area contributed by atoms with Gasteiger partial charge in [-0.05, 0) is 33.1 Å². The van der Waals surface area contributed by atoms with Crippen molar-refractivity contribution < 1.29 is 4.74 Å². The number of rotatable bonds is 5. The number of thiazole rings is 1. The molecule has 6 heteroatoms. The van der Waals surface area contributed by atoms with Crippen LogP contribution in [0.4, 0.5) is 0 Å². The quantitative estimate of drug-likeness (QED) is 0.646. The molecule has 2 saturated carbocycles. The van der Waals surface area contributed by atoms with Gasteiger partial charge in [0.2, 0.25) is 0 Å². The third-order valence-corrected chi connectivity index (χ3v) is 5.96. The summed E-state index contributed by atoms with van der Waals surface area (Å²) >= 11 is 1.72. The summed E-state index contributed by atoms with van der Waals surface area (Å²) in [4.78, 5) is 9.98. The molecular weight excluding hydrogens is 296 g/mol. The molecule has 0 aromatic carbocycles. The Hall–Kier alpha value is -1.14. The van der Waals surface area contributed by atoms with E-state index in [0.717, 1.165) is 30.5 Å². The lowest BCUT2D eigenvalue weighted by Gasteiger charge is -2.61.